The minimum atomic E-state index is -0.436. The first-order valence-electron chi connectivity index (χ1n) is 6.48. The van der Waals surface area contributed by atoms with E-state index >= 15 is 0 Å². The van der Waals surface area contributed by atoms with Crippen molar-refractivity contribution in [2.75, 3.05) is 14.2 Å². The summed E-state index contributed by atoms with van der Waals surface area (Å²) >= 11 is 0. The zero-order valence-corrected chi connectivity index (χ0v) is 12.3. The van der Waals surface area contributed by atoms with Crippen LogP contribution in [0.25, 0.3) is 0 Å². The number of carbonyl (C=O) groups is 1. The van der Waals surface area contributed by atoms with Gasteiger partial charge < -0.3 is 14.8 Å². The summed E-state index contributed by atoms with van der Waals surface area (Å²) < 4.78 is 11.0. The number of hydrogen-bond acceptors (Lipinski definition) is 3. The van der Waals surface area contributed by atoms with E-state index in [-0.39, 0.29) is 18.1 Å². The Bertz CT molecular complexity index is 418. The smallest absolute Gasteiger partial charge is 0.407 e. The van der Waals surface area contributed by atoms with E-state index in [1.54, 1.807) is 14.2 Å². The predicted octanol–water partition coefficient (Wildman–Crippen LogP) is 3.06. The summed E-state index contributed by atoms with van der Waals surface area (Å²) in [6.07, 6.45) is -1.03. The highest BCUT2D eigenvalue weighted by atomic mass is 16.6. The third-order valence-electron chi connectivity index (χ3n) is 3.15. The molecule has 1 rings (SSSR count). The molecule has 0 aliphatic carbocycles. The Hall–Kier alpha value is -1.55. The van der Waals surface area contributed by atoms with E-state index in [0.29, 0.717) is 0 Å². The number of benzene rings is 1. The number of rotatable bonds is 5. The van der Waals surface area contributed by atoms with Gasteiger partial charge in [-0.3, -0.25) is 0 Å². The first kappa shape index (κ1) is 15.5. The minimum Gasteiger partial charge on any atom is -0.443 e. The molecule has 0 radical (unpaired) electrons. The molecule has 19 heavy (non-hydrogen) atoms. The highest BCUT2D eigenvalue weighted by Gasteiger charge is 2.30. The van der Waals surface area contributed by atoms with Crippen molar-refractivity contribution in [3.8, 4) is 0 Å². The Balaban J connectivity index is 3.03. The SMILES string of the molecule is CNC(=O)OC(C(C)C)C(OC)c1ccccc1C. The molecule has 0 fully saturated rings. The monoisotopic (exact) mass is 265 g/mol. The van der Waals surface area contributed by atoms with Gasteiger partial charge in [-0.25, -0.2) is 4.79 Å². The lowest BCUT2D eigenvalue weighted by atomic mass is 9.93. The van der Waals surface area contributed by atoms with Gasteiger partial charge in [0.1, 0.15) is 12.2 Å². The second-order valence-corrected chi connectivity index (χ2v) is 4.88. The highest BCUT2D eigenvalue weighted by molar-refractivity contribution is 5.67. The van der Waals surface area contributed by atoms with Gasteiger partial charge in [-0.05, 0) is 24.0 Å². The van der Waals surface area contributed by atoms with Crippen molar-refractivity contribution in [2.45, 2.75) is 33.0 Å². The molecule has 4 nitrogen and oxygen atoms in total. The van der Waals surface area contributed by atoms with Gasteiger partial charge in [-0.15, -0.1) is 0 Å². The van der Waals surface area contributed by atoms with Crippen LogP contribution in [0.3, 0.4) is 0 Å². The zero-order valence-electron chi connectivity index (χ0n) is 12.3. The zero-order chi connectivity index (χ0) is 14.4. The van der Waals surface area contributed by atoms with Gasteiger partial charge in [0.25, 0.3) is 0 Å². The van der Waals surface area contributed by atoms with Gasteiger partial charge in [0.2, 0.25) is 0 Å². The molecular weight excluding hydrogens is 242 g/mol. The number of methoxy groups -OCH3 is 1. The largest absolute Gasteiger partial charge is 0.443 e. The van der Waals surface area contributed by atoms with Crippen LogP contribution in [0.4, 0.5) is 4.79 Å². The van der Waals surface area contributed by atoms with Crippen LogP contribution in [0.5, 0.6) is 0 Å². The highest BCUT2D eigenvalue weighted by Crippen LogP contribution is 2.29. The van der Waals surface area contributed by atoms with Gasteiger partial charge in [-0.2, -0.15) is 0 Å². The van der Waals surface area contributed by atoms with E-state index in [2.05, 4.69) is 5.32 Å². The fourth-order valence-electron chi connectivity index (χ4n) is 2.07. The summed E-state index contributed by atoms with van der Waals surface area (Å²) in [4.78, 5) is 11.5. The first-order valence-corrected chi connectivity index (χ1v) is 6.48. The third kappa shape index (κ3) is 3.96. The van der Waals surface area contributed by atoms with E-state index in [4.69, 9.17) is 9.47 Å². The molecule has 2 atom stereocenters. The second-order valence-electron chi connectivity index (χ2n) is 4.88. The standard InChI is InChI=1S/C15H23NO3/c1-10(2)13(19-15(17)16-4)14(18-5)12-9-7-6-8-11(12)3/h6-10,13-14H,1-5H3,(H,16,17). The molecule has 0 aromatic heterocycles. The molecule has 2 unspecified atom stereocenters. The summed E-state index contributed by atoms with van der Waals surface area (Å²) in [5.74, 6) is 0.154. The van der Waals surface area contributed by atoms with E-state index in [1.807, 2.05) is 45.0 Å². The number of alkyl carbamates (subject to hydrolysis) is 1. The Morgan fingerprint density at radius 1 is 1.26 bits per heavy atom. The molecule has 1 aromatic rings. The van der Waals surface area contributed by atoms with Crippen LogP contribution in [0.2, 0.25) is 0 Å². The second kappa shape index (κ2) is 7.14. The Labute approximate surface area is 115 Å². The van der Waals surface area contributed by atoms with Crippen LogP contribution in [-0.2, 0) is 9.47 Å². The van der Waals surface area contributed by atoms with Crippen molar-refractivity contribution in [3.63, 3.8) is 0 Å². The average Bonchev–Trinajstić information content (AvgIpc) is 2.39. The van der Waals surface area contributed by atoms with Crippen LogP contribution in [-0.4, -0.2) is 26.4 Å². The predicted molar refractivity (Wildman–Crippen MR) is 75.1 cm³/mol. The van der Waals surface area contributed by atoms with Gasteiger partial charge in [0, 0.05) is 14.2 Å². The Morgan fingerprint density at radius 2 is 1.89 bits per heavy atom. The lowest BCUT2D eigenvalue weighted by Gasteiger charge is -2.30. The van der Waals surface area contributed by atoms with Gasteiger partial charge in [0.15, 0.2) is 0 Å². The van der Waals surface area contributed by atoms with Crippen LogP contribution in [0, 0.1) is 12.8 Å². The van der Waals surface area contributed by atoms with Crippen molar-refractivity contribution in [3.05, 3.63) is 35.4 Å². The van der Waals surface area contributed by atoms with E-state index < -0.39 is 6.09 Å². The fraction of sp³-hybridized carbons (Fsp3) is 0.533. The lowest BCUT2D eigenvalue weighted by Crippen LogP contribution is -2.35. The molecule has 0 aliphatic rings. The minimum absolute atomic E-state index is 0.154. The maximum absolute atomic E-state index is 11.5. The molecule has 0 aliphatic heterocycles. The molecule has 4 heteroatoms. The molecule has 0 saturated carbocycles. The van der Waals surface area contributed by atoms with Crippen LogP contribution >= 0.6 is 0 Å². The first-order chi connectivity index (χ1) is 9.01. The van der Waals surface area contributed by atoms with E-state index in [1.165, 1.54) is 0 Å². The van der Waals surface area contributed by atoms with Crippen LogP contribution in [0.15, 0.2) is 24.3 Å². The van der Waals surface area contributed by atoms with Crippen molar-refractivity contribution >= 4 is 6.09 Å². The number of ether oxygens (including phenoxy) is 2. The topological polar surface area (TPSA) is 47.6 Å². The van der Waals surface area contributed by atoms with Crippen LogP contribution in [0.1, 0.15) is 31.1 Å². The van der Waals surface area contributed by atoms with Crippen molar-refractivity contribution in [1.82, 2.24) is 5.32 Å². The molecule has 106 valence electrons. The molecule has 1 N–H and O–H groups in total. The van der Waals surface area contributed by atoms with Gasteiger partial charge in [0.05, 0.1) is 0 Å². The van der Waals surface area contributed by atoms with Crippen molar-refractivity contribution in [2.24, 2.45) is 5.92 Å². The summed E-state index contributed by atoms with van der Waals surface area (Å²) in [7, 11) is 3.19. The molecule has 0 bridgehead atoms. The Kier molecular flexibility index (Phi) is 5.83. The number of hydrogen-bond donors (Lipinski definition) is 1. The summed E-state index contributed by atoms with van der Waals surface area (Å²) in [6, 6.07) is 7.98. The molecule has 1 amide bonds. The molecule has 1 aromatic carbocycles. The molecular formula is C15H23NO3. The van der Waals surface area contributed by atoms with Gasteiger partial charge >= 0.3 is 6.09 Å². The average molecular weight is 265 g/mol. The lowest BCUT2D eigenvalue weighted by molar-refractivity contribution is -0.0447. The molecule has 0 heterocycles. The van der Waals surface area contributed by atoms with Crippen molar-refractivity contribution in [1.29, 1.82) is 0 Å². The summed E-state index contributed by atoms with van der Waals surface area (Å²) in [6.45, 7) is 6.05. The molecule has 0 saturated heterocycles. The third-order valence-corrected chi connectivity index (χ3v) is 3.15. The summed E-state index contributed by atoms with van der Waals surface area (Å²) in [5, 5.41) is 2.48. The normalized spacial score (nSPS) is 14.0. The maximum atomic E-state index is 11.5. The van der Waals surface area contributed by atoms with E-state index in [0.717, 1.165) is 11.1 Å². The fourth-order valence-corrected chi connectivity index (χ4v) is 2.07. The summed E-state index contributed by atoms with van der Waals surface area (Å²) in [5.41, 5.74) is 2.17. The quantitative estimate of drug-likeness (QED) is 0.890. The number of amides is 1. The number of carbonyl (C=O) groups excluding carboxylic acids is 1. The van der Waals surface area contributed by atoms with Crippen molar-refractivity contribution < 1.29 is 14.3 Å². The van der Waals surface area contributed by atoms with Crippen LogP contribution < -0.4 is 5.32 Å². The Morgan fingerprint density at radius 3 is 2.37 bits per heavy atom. The van der Waals surface area contributed by atoms with Gasteiger partial charge in [-0.1, -0.05) is 38.1 Å². The number of aryl methyl sites for hydroxylation is 1. The molecule has 0 spiro atoms. The maximum Gasteiger partial charge on any atom is 0.407 e. The van der Waals surface area contributed by atoms with E-state index in [9.17, 15) is 4.79 Å². The number of nitrogens with one attached hydrogen (secondary N) is 1.